The van der Waals surface area contributed by atoms with Gasteiger partial charge in [-0.25, -0.2) is 4.68 Å². The topological polar surface area (TPSA) is 47.4 Å². The van der Waals surface area contributed by atoms with Gasteiger partial charge in [-0.1, -0.05) is 67.2 Å². The van der Waals surface area contributed by atoms with Crippen molar-refractivity contribution in [1.82, 2.24) is 14.7 Å². The summed E-state index contributed by atoms with van der Waals surface area (Å²) in [6.45, 7) is 2.56. The summed E-state index contributed by atoms with van der Waals surface area (Å²) in [5, 5.41) is 4.88. The Bertz CT molecular complexity index is 1210. The highest BCUT2D eigenvalue weighted by atomic mass is 32.2. The fraction of sp³-hybridized carbons (Fsp3) is 0.269. The largest absolute Gasteiger partial charge is 0.494 e. The van der Waals surface area contributed by atoms with Gasteiger partial charge in [0.15, 0.2) is 0 Å². The zero-order chi connectivity index (χ0) is 22.8. The minimum absolute atomic E-state index is 0.0124. The molecule has 1 saturated carbocycles. The number of hydrogen-bond donors (Lipinski definition) is 0. The van der Waals surface area contributed by atoms with Crippen LogP contribution in [0.5, 0.6) is 5.75 Å². The summed E-state index contributed by atoms with van der Waals surface area (Å²) in [4.78, 5) is 15.8. The Kier molecular flexibility index (Phi) is 6.33. The van der Waals surface area contributed by atoms with Crippen LogP contribution in [0.4, 0.5) is 0 Å². The molecule has 33 heavy (non-hydrogen) atoms. The lowest BCUT2D eigenvalue weighted by molar-refractivity contribution is -0.123. The smallest absolute Gasteiger partial charge is 0.266 e. The van der Waals surface area contributed by atoms with Gasteiger partial charge >= 0.3 is 0 Å². The van der Waals surface area contributed by atoms with E-state index in [0.717, 1.165) is 53.9 Å². The number of amides is 1. The molecule has 5 nitrogen and oxygen atoms in total. The zero-order valence-electron chi connectivity index (χ0n) is 18.4. The van der Waals surface area contributed by atoms with Crippen molar-refractivity contribution in [2.75, 3.05) is 6.61 Å². The second kappa shape index (κ2) is 9.53. The molecule has 168 valence electrons. The molecule has 1 aromatic heterocycles. The zero-order valence-corrected chi connectivity index (χ0v) is 20.1. The summed E-state index contributed by atoms with van der Waals surface area (Å²) in [6, 6.07) is 18.1. The predicted molar refractivity (Wildman–Crippen MR) is 137 cm³/mol. The van der Waals surface area contributed by atoms with Crippen LogP contribution in [0.25, 0.3) is 23.0 Å². The maximum absolute atomic E-state index is 13.3. The van der Waals surface area contributed by atoms with Crippen molar-refractivity contribution >= 4 is 40.3 Å². The normalized spacial score (nSPS) is 18.0. The molecule has 0 atom stereocenters. The third-order valence-corrected chi connectivity index (χ3v) is 7.31. The van der Waals surface area contributed by atoms with Crippen molar-refractivity contribution < 1.29 is 9.53 Å². The summed E-state index contributed by atoms with van der Waals surface area (Å²) in [6.07, 6.45) is 8.28. The van der Waals surface area contributed by atoms with Gasteiger partial charge in [-0.15, -0.1) is 0 Å². The summed E-state index contributed by atoms with van der Waals surface area (Å²) < 4.78 is 8.22. The van der Waals surface area contributed by atoms with Crippen LogP contribution in [-0.2, 0) is 4.79 Å². The number of thiocarbonyl (C=S) groups is 1. The first kappa shape index (κ1) is 21.9. The molecule has 7 heteroatoms. The van der Waals surface area contributed by atoms with E-state index in [0.29, 0.717) is 15.8 Å². The molecule has 0 bridgehead atoms. The Balaban J connectivity index is 1.56. The first-order valence-electron chi connectivity index (χ1n) is 11.3. The lowest BCUT2D eigenvalue weighted by Gasteiger charge is -2.21. The average molecular weight is 476 g/mol. The molecule has 2 heterocycles. The monoisotopic (exact) mass is 475 g/mol. The molecule has 2 aromatic carbocycles. The highest BCUT2D eigenvalue weighted by Gasteiger charge is 2.38. The van der Waals surface area contributed by atoms with E-state index in [1.54, 1.807) is 0 Å². The van der Waals surface area contributed by atoms with E-state index in [9.17, 15) is 4.79 Å². The van der Waals surface area contributed by atoms with Gasteiger partial charge in [-0.2, -0.15) is 5.10 Å². The summed E-state index contributed by atoms with van der Waals surface area (Å²) >= 11 is 6.98. The first-order chi connectivity index (χ1) is 16.1. The van der Waals surface area contributed by atoms with E-state index in [1.165, 1.54) is 11.8 Å². The second-order valence-electron chi connectivity index (χ2n) is 8.16. The van der Waals surface area contributed by atoms with Gasteiger partial charge in [0.2, 0.25) is 0 Å². The molecule has 1 aliphatic heterocycles. The molecule has 1 amide bonds. The van der Waals surface area contributed by atoms with E-state index in [-0.39, 0.29) is 11.9 Å². The molecule has 1 saturated heterocycles. The van der Waals surface area contributed by atoms with Gasteiger partial charge in [-0.05, 0) is 50.1 Å². The van der Waals surface area contributed by atoms with Gasteiger partial charge in [0, 0.05) is 23.4 Å². The lowest BCUT2D eigenvalue weighted by atomic mass is 10.1. The molecule has 0 spiro atoms. The Morgan fingerprint density at radius 3 is 2.70 bits per heavy atom. The minimum atomic E-state index is 0.0124. The highest BCUT2D eigenvalue weighted by Crippen LogP contribution is 2.39. The van der Waals surface area contributed by atoms with Crippen molar-refractivity contribution in [2.45, 2.75) is 38.6 Å². The van der Waals surface area contributed by atoms with Gasteiger partial charge in [-0.3, -0.25) is 9.69 Å². The van der Waals surface area contributed by atoms with Crippen molar-refractivity contribution in [3.8, 4) is 22.7 Å². The van der Waals surface area contributed by atoms with Crippen LogP contribution in [0.3, 0.4) is 0 Å². The molecule has 2 aliphatic rings. The van der Waals surface area contributed by atoms with Crippen LogP contribution >= 0.6 is 24.0 Å². The number of ether oxygens (including phenoxy) is 1. The Hall–Kier alpha value is -2.90. The van der Waals surface area contributed by atoms with Gasteiger partial charge < -0.3 is 4.74 Å². The molecule has 1 aliphatic carbocycles. The Labute approximate surface area is 203 Å². The average Bonchev–Trinajstić information content (AvgIpc) is 3.55. The minimum Gasteiger partial charge on any atom is -0.494 e. The quantitative estimate of drug-likeness (QED) is 0.319. The number of carbonyl (C=O) groups excluding carboxylic acids is 1. The molecule has 0 unspecified atom stereocenters. The van der Waals surface area contributed by atoms with E-state index in [2.05, 4.69) is 0 Å². The number of carbonyl (C=O) groups is 1. The molecular formula is C26H25N3O2S2. The number of rotatable bonds is 6. The fourth-order valence-corrected chi connectivity index (χ4v) is 5.82. The second-order valence-corrected chi connectivity index (χ2v) is 9.84. The maximum Gasteiger partial charge on any atom is 0.266 e. The van der Waals surface area contributed by atoms with E-state index < -0.39 is 0 Å². The molecular weight excluding hydrogens is 450 g/mol. The van der Waals surface area contributed by atoms with E-state index >= 15 is 0 Å². The van der Waals surface area contributed by atoms with Crippen LogP contribution in [0.2, 0.25) is 0 Å². The van der Waals surface area contributed by atoms with Crippen LogP contribution in [0, 0.1) is 0 Å². The van der Waals surface area contributed by atoms with Crippen LogP contribution in [-0.4, -0.2) is 37.6 Å². The van der Waals surface area contributed by atoms with E-state index in [4.69, 9.17) is 22.1 Å². The standard InChI is InChI=1S/C26H25N3O2S2/c1-2-31-22-14-8-9-18(15-22)24-19(17-28(27-24)20-10-4-3-5-11-20)16-23-25(30)29(26(32)33-23)21-12-6-7-13-21/h3-5,8-11,14-17,21H,2,6-7,12-13H2,1H3/b23-16-. The van der Waals surface area contributed by atoms with E-state index in [1.807, 2.05) is 83.4 Å². The highest BCUT2D eigenvalue weighted by molar-refractivity contribution is 8.26. The van der Waals surface area contributed by atoms with Crippen molar-refractivity contribution in [2.24, 2.45) is 0 Å². The molecule has 3 aromatic rings. The Morgan fingerprint density at radius 1 is 1.15 bits per heavy atom. The maximum atomic E-state index is 13.3. The number of thioether (sulfide) groups is 1. The lowest BCUT2D eigenvalue weighted by Crippen LogP contribution is -2.36. The molecule has 5 rings (SSSR count). The van der Waals surface area contributed by atoms with Gasteiger partial charge in [0.25, 0.3) is 5.91 Å². The number of para-hydroxylation sites is 1. The molecule has 0 N–H and O–H groups in total. The molecule has 2 fully saturated rings. The third-order valence-electron chi connectivity index (χ3n) is 5.98. The predicted octanol–water partition coefficient (Wildman–Crippen LogP) is 6.08. The number of hydrogen-bond acceptors (Lipinski definition) is 5. The number of nitrogens with zero attached hydrogens (tertiary/aromatic N) is 3. The van der Waals surface area contributed by atoms with Crippen LogP contribution < -0.4 is 4.74 Å². The number of benzene rings is 2. The summed E-state index contributed by atoms with van der Waals surface area (Å²) in [7, 11) is 0. The van der Waals surface area contributed by atoms with Gasteiger partial charge in [0.05, 0.1) is 17.2 Å². The summed E-state index contributed by atoms with van der Waals surface area (Å²) in [5.74, 6) is 0.807. The van der Waals surface area contributed by atoms with Crippen LogP contribution in [0.1, 0.15) is 38.2 Å². The van der Waals surface area contributed by atoms with Crippen LogP contribution in [0.15, 0.2) is 65.7 Å². The van der Waals surface area contributed by atoms with Crippen molar-refractivity contribution in [3.05, 3.63) is 71.3 Å². The van der Waals surface area contributed by atoms with Crippen molar-refractivity contribution in [3.63, 3.8) is 0 Å². The fourth-order valence-electron chi connectivity index (χ4n) is 4.43. The first-order valence-corrected chi connectivity index (χ1v) is 12.5. The third kappa shape index (κ3) is 4.48. The summed E-state index contributed by atoms with van der Waals surface area (Å²) in [5.41, 5.74) is 3.57. The molecule has 0 radical (unpaired) electrons. The SMILES string of the molecule is CCOc1cccc(-c2nn(-c3ccccc3)cc2/C=C2\SC(=S)N(C3CCCC3)C2=O)c1. The van der Waals surface area contributed by atoms with Gasteiger partial charge in [0.1, 0.15) is 15.8 Å². The number of aromatic nitrogens is 2. The van der Waals surface area contributed by atoms with Crippen molar-refractivity contribution in [1.29, 1.82) is 0 Å². The Morgan fingerprint density at radius 2 is 1.94 bits per heavy atom.